The van der Waals surface area contributed by atoms with Gasteiger partial charge in [-0.15, -0.1) is 11.3 Å². The summed E-state index contributed by atoms with van der Waals surface area (Å²) in [6.07, 6.45) is 4.86. The second kappa shape index (κ2) is 6.37. The van der Waals surface area contributed by atoms with Crippen LogP contribution in [0.15, 0.2) is 35.4 Å². The molecular weight excluding hydrogens is 308 g/mol. The number of fused-ring (bicyclic) bond motifs is 1. The van der Waals surface area contributed by atoms with Crippen molar-refractivity contribution in [3.63, 3.8) is 0 Å². The summed E-state index contributed by atoms with van der Waals surface area (Å²) < 4.78 is 0. The molecule has 0 aromatic carbocycles. The summed E-state index contributed by atoms with van der Waals surface area (Å²) >= 11 is 1.48. The molecule has 2 aliphatic rings. The average Bonchev–Trinajstić information content (AvgIpc) is 3.23. The molecule has 2 atom stereocenters. The van der Waals surface area contributed by atoms with E-state index in [9.17, 15) is 4.79 Å². The summed E-state index contributed by atoms with van der Waals surface area (Å²) in [4.78, 5) is 25.3. The molecule has 0 aliphatic carbocycles. The van der Waals surface area contributed by atoms with Crippen molar-refractivity contribution in [3.05, 3.63) is 46.7 Å². The molecule has 2 fully saturated rings. The Kier molecular flexibility index (Phi) is 4.10. The van der Waals surface area contributed by atoms with Gasteiger partial charge in [0, 0.05) is 50.5 Å². The van der Waals surface area contributed by atoms with E-state index in [-0.39, 0.29) is 5.91 Å². The van der Waals surface area contributed by atoms with E-state index in [2.05, 4.69) is 20.9 Å². The Morgan fingerprint density at radius 1 is 1.30 bits per heavy atom. The van der Waals surface area contributed by atoms with E-state index >= 15 is 0 Å². The lowest BCUT2D eigenvalue weighted by Gasteiger charge is -2.34. The maximum atomic E-state index is 12.5. The first-order valence-corrected chi connectivity index (χ1v) is 9.02. The van der Waals surface area contributed by atoms with Gasteiger partial charge in [0.2, 0.25) is 0 Å². The largest absolute Gasteiger partial charge is 0.337 e. The Balaban J connectivity index is 1.38. The van der Waals surface area contributed by atoms with Crippen molar-refractivity contribution in [2.75, 3.05) is 26.2 Å². The van der Waals surface area contributed by atoms with Gasteiger partial charge >= 0.3 is 0 Å². The number of piperidine rings is 1. The number of hydrogen-bond donors (Lipinski definition) is 0. The zero-order valence-corrected chi connectivity index (χ0v) is 13.8. The molecular formula is C17H20N4OS. The minimum Gasteiger partial charge on any atom is -0.337 e. The van der Waals surface area contributed by atoms with Crippen LogP contribution >= 0.6 is 11.3 Å². The van der Waals surface area contributed by atoms with E-state index in [0.29, 0.717) is 17.5 Å². The molecule has 0 unspecified atom stereocenters. The maximum Gasteiger partial charge on any atom is 0.273 e. The van der Waals surface area contributed by atoms with Crippen molar-refractivity contribution < 1.29 is 4.79 Å². The minimum absolute atomic E-state index is 0.0930. The predicted octanol–water partition coefficient (Wildman–Crippen LogP) is 2.13. The van der Waals surface area contributed by atoms with Crippen LogP contribution in [-0.4, -0.2) is 51.9 Å². The Hall–Kier alpha value is -1.79. The summed E-state index contributed by atoms with van der Waals surface area (Å²) in [6.45, 7) is 4.89. The highest BCUT2D eigenvalue weighted by Gasteiger charge is 2.38. The van der Waals surface area contributed by atoms with Gasteiger partial charge in [0.05, 0.1) is 5.51 Å². The van der Waals surface area contributed by atoms with Crippen LogP contribution in [0.5, 0.6) is 0 Å². The normalized spacial score (nSPS) is 24.6. The van der Waals surface area contributed by atoms with Gasteiger partial charge in [0.25, 0.3) is 5.91 Å². The molecule has 0 N–H and O–H groups in total. The van der Waals surface area contributed by atoms with Gasteiger partial charge in [0.15, 0.2) is 0 Å². The Bertz CT molecular complexity index is 660. The molecule has 120 valence electrons. The Morgan fingerprint density at radius 2 is 2.22 bits per heavy atom. The number of likely N-dealkylation sites (tertiary alicyclic amines) is 2. The molecule has 0 radical (unpaired) electrons. The third-order valence-corrected chi connectivity index (χ3v) is 5.53. The topological polar surface area (TPSA) is 49.3 Å². The number of rotatable bonds is 3. The number of nitrogens with zero attached hydrogens (tertiary/aromatic N) is 4. The average molecular weight is 328 g/mol. The second-order valence-electron chi connectivity index (χ2n) is 6.49. The van der Waals surface area contributed by atoms with Crippen LogP contribution in [0.4, 0.5) is 0 Å². The van der Waals surface area contributed by atoms with Gasteiger partial charge < -0.3 is 4.90 Å². The van der Waals surface area contributed by atoms with Gasteiger partial charge in [-0.1, -0.05) is 6.07 Å². The molecule has 2 aliphatic heterocycles. The molecule has 23 heavy (non-hydrogen) atoms. The highest BCUT2D eigenvalue weighted by atomic mass is 32.1. The van der Waals surface area contributed by atoms with Crippen LogP contribution in [0.1, 0.15) is 22.5 Å². The summed E-state index contributed by atoms with van der Waals surface area (Å²) in [6, 6.07) is 4.12. The molecule has 0 spiro atoms. The van der Waals surface area contributed by atoms with Gasteiger partial charge in [-0.05, 0) is 29.9 Å². The monoisotopic (exact) mass is 328 g/mol. The summed E-state index contributed by atoms with van der Waals surface area (Å²) in [5.41, 5.74) is 3.59. The SMILES string of the molecule is O=C(c1cscn1)N1CC[C@@H]2CN(Cc3cccnc3)C[C@@H]2C1. The van der Waals surface area contributed by atoms with E-state index in [1.165, 1.54) is 16.9 Å². The number of thiazole rings is 1. The zero-order chi connectivity index (χ0) is 15.6. The number of hydrogen-bond acceptors (Lipinski definition) is 5. The smallest absolute Gasteiger partial charge is 0.273 e. The number of carbonyl (C=O) groups is 1. The summed E-state index contributed by atoms with van der Waals surface area (Å²) in [5.74, 6) is 1.39. The van der Waals surface area contributed by atoms with Crippen LogP contribution in [-0.2, 0) is 6.54 Å². The van der Waals surface area contributed by atoms with Crippen molar-refractivity contribution in [3.8, 4) is 0 Å². The first-order chi connectivity index (χ1) is 11.3. The van der Waals surface area contributed by atoms with Gasteiger partial charge in [0.1, 0.15) is 5.69 Å². The lowest BCUT2D eigenvalue weighted by atomic mass is 9.88. The van der Waals surface area contributed by atoms with Crippen molar-refractivity contribution >= 4 is 17.2 Å². The lowest BCUT2D eigenvalue weighted by molar-refractivity contribution is 0.0637. The van der Waals surface area contributed by atoms with Crippen LogP contribution in [0.3, 0.4) is 0 Å². The molecule has 5 nitrogen and oxygen atoms in total. The van der Waals surface area contributed by atoms with E-state index in [1.54, 1.807) is 5.51 Å². The fraction of sp³-hybridized carbons (Fsp3) is 0.471. The number of aromatic nitrogens is 2. The van der Waals surface area contributed by atoms with E-state index in [0.717, 1.165) is 39.1 Å². The molecule has 4 rings (SSSR count). The molecule has 2 aromatic rings. The standard InChI is InChI=1S/C17H20N4OS/c22-17(16-11-23-12-19-16)21-5-3-14-8-20(9-15(14)10-21)7-13-2-1-4-18-6-13/h1-2,4,6,11-12,14-15H,3,5,7-10H2/t14-,15-/m1/s1. The third kappa shape index (κ3) is 3.14. The first kappa shape index (κ1) is 14.8. The zero-order valence-electron chi connectivity index (χ0n) is 13.0. The first-order valence-electron chi connectivity index (χ1n) is 8.08. The summed E-state index contributed by atoms with van der Waals surface area (Å²) in [7, 11) is 0. The Labute approximate surface area is 140 Å². The van der Waals surface area contributed by atoms with E-state index in [1.807, 2.05) is 28.7 Å². The molecule has 0 bridgehead atoms. The highest BCUT2D eigenvalue weighted by Crippen LogP contribution is 2.32. The van der Waals surface area contributed by atoms with Gasteiger partial charge in [-0.3, -0.25) is 14.7 Å². The number of amides is 1. The lowest BCUT2D eigenvalue weighted by Crippen LogP contribution is -2.43. The van der Waals surface area contributed by atoms with Crippen molar-refractivity contribution in [2.45, 2.75) is 13.0 Å². The van der Waals surface area contributed by atoms with Crippen LogP contribution in [0, 0.1) is 11.8 Å². The van der Waals surface area contributed by atoms with Crippen molar-refractivity contribution in [1.82, 2.24) is 19.8 Å². The second-order valence-corrected chi connectivity index (χ2v) is 7.21. The van der Waals surface area contributed by atoms with Crippen molar-refractivity contribution in [1.29, 1.82) is 0 Å². The fourth-order valence-electron chi connectivity index (χ4n) is 3.81. The molecule has 0 saturated carbocycles. The molecule has 1 amide bonds. The summed E-state index contributed by atoms with van der Waals surface area (Å²) in [5, 5.41) is 1.85. The molecule has 2 aromatic heterocycles. The van der Waals surface area contributed by atoms with Crippen LogP contribution in [0.2, 0.25) is 0 Å². The number of carbonyl (C=O) groups excluding carboxylic acids is 1. The molecule has 2 saturated heterocycles. The Morgan fingerprint density at radius 3 is 3.00 bits per heavy atom. The van der Waals surface area contributed by atoms with E-state index < -0.39 is 0 Å². The van der Waals surface area contributed by atoms with Crippen LogP contribution < -0.4 is 0 Å². The molecule has 6 heteroatoms. The van der Waals surface area contributed by atoms with Gasteiger partial charge in [-0.2, -0.15) is 0 Å². The predicted molar refractivity (Wildman–Crippen MR) is 89.1 cm³/mol. The third-order valence-electron chi connectivity index (χ3n) is 4.94. The maximum absolute atomic E-state index is 12.5. The fourth-order valence-corrected chi connectivity index (χ4v) is 4.34. The minimum atomic E-state index is 0.0930. The van der Waals surface area contributed by atoms with Crippen LogP contribution in [0.25, 0.3) is 0 Å². The number of pyridine rings is 1. The quantitative estimate of drug-likeness (QED) is 0.866. The van der Waals surface area contributed by atoms with Crippen molar-refractivity contribution in [2.24, 2.45) is 11.8 Å². The van der Waals surface area contributed by atoms with Gasteiger partial charge in [-0.25, -0.2) is 4.98 Å². The highest BCUT2D eigenvalue weighted by molar-refractivity contribution is 7.07. The van der Waals surface area contributed by atoms with E-state index in [4.69, 9.17) is 0 Å². The molecule has 4 heterocycles.